The van der Waals surface area contributed by atoms with Crippen LogP contribution in [-0.4, -0.2) is 12.5 Å². The van der Waals surface area contributed by atoms with Crippen LogP contribution in [0.15, 0.2) is 46.9 Å². The lowest BCUT2D eigenvalue weighted by Crippen LogP contribution is -2.24. The van der Waals surface area contributed by atoms with E-state index in [1.165, 1.54) is 24.8 Å². The maximum atomic E-state index is 12.8. The van der Waals surface area contributed by atoms with Gasteiger partial charge >= 0.3 is 0 Å². The SMILES string of the molecule is CCCCCCCNC(=O)c1oc(-c2ccc(Cl)cc2)c2cc(CC)ccc12. The number of carbonyl (C=O) groups is 1. The van der Waals surface area contributed by atoms with Crippen molar-refractivity contribution in [3.05, 3.63) is 58.8 Å². The van der Waals surface area contributed by atoms with Crippen LogP contribution in [-0.2, 0) is 6.42 Å². The fourth-order valence-corrected chi connectivity index (χ4v) is 3.53. The average Bonchev–Trinajstić information content (AvgIpc) is 3.10. The van der Waals surface area contributed by atoms with E-state index >= 15 is 0 Å². The Bertz CT molecular complexity index is 928. The summed E-state index contributed by atoms with van der Waals surface area (Å²) in [5.74, 6) is 0.955. The highest BCUT2D eigenvalue weighted by Crippen LogP contribution is 2.35. The summed E-state index contributed by atoms with van der Waals surface area (Å²) in [6.45, 7) is 5.00. The molecule has 1 N–H and O–H groups in total. The Hall–Kier alpha value is -2.26. The van der Waals surface area contributed by atoms with E-state index in [2.05, 4.69) is 31.3 Å². The van der Waals surface area contributed by atoms with Gasteiger partial charge in [0.25, 0.3) is 5.91 Å². The fourth-order valence-electron chi connectivity index (χ4n) is 3.40. The standard InChI is InChI=1S/C24H28ClNO2/c1-3-5-6-7-8-15-26-24(27)23-20-14-9-17(4-2)16-21(20)22(28-23)18-10-12-19(25)13-11-18/h9-14,16H,3-8,15H2,1-2H3,(H,26,27). The molecule has 2 aromatic carbocycles. The third-order valence-corrected chi connectivity index (χ3v) is 5.32. The second kappa shape index (κ2) is 9.79. The van der Waals surface area contributed by atoms with Gasteiger partial charge in [-0.2, -0.15) is 0 Å². The molecule has 0 aliphatic heterocycles. The predicted molar refractivity (Wildman–Crippen MR) is 117 cm³/mol. The summed E-state index contributed by atoms with van der Waals surface area (Å²) in [4.78, 5) is 12.8. The van der Waals surface area contributed by atoms with E-state index in [0.717, 1.165) is 41.4 Å². The summed E-state index contributed by atoms with van der Waals surface area (Å²) in [5, 5.41) is 5.51. The number of furan rings is 1. The molecule has 3 aromatic rings. The molecule has 0 bridgehead atoms. The number of hydrogen-bond donors (Lipinski definition) is 1. The fraction of sp³-hybridized carbons (Fsp3) is 0.375. The van der Waals surface area contributed by atoms with Crippen molar-refractivity contribution in [2.24, 2.45) is 0 Å². The molecule has 0 aliphatic rings. The van der Waals surface area contributed by atoms with Gasteiger partial charge in [0.05, 0.1) is 0 Å². The quantitative estimate of drug-likeness (QED) is 0.394. The van der Waals surface area contributed by atoms with Crippen molar-refractivity contribution in [2.45, 2.75) is 52.4 Å². The Labute approximate surface area is 172 Å². The second-order valence-electron chi connectivity index (χ2n) is 7.17. The number of benzene rings is 2. The Morgan fingerprint density at radius 1 is 0.964 bits per heavy atom. The van der Waals surface area contributed by atoms with Gasteiger partial charge in [-0.25, -0.2) is 0 Å². The Morgan fingerprint density at radius 3 is 2.43 bits per heavy atom. The zero-order valence-corrected chi connectivity index (χ0v) is 17.4. The van der Waals surface area contributed by atoms with Gasteiger partial charge < -0.3 is 9.73 Å². The number of fused-ring (bicyclic) bond motifs is 1. The molecule has 0 saturated heterocycles. The van der Waals surface area contributed by atoms with Gasteiger partial charge in [0.2, 0.25) is 0 Å². The molecule has 0 saturated carbocycles. The molecule has 0 atom stereocenters. The van der Waals surface area contributed by atoms with E-state index < -0.39 is 0 Å². The zero-order chi connectivity index (χ0) is 19.9. The molecule has 0 spiro atoms. The van der Waals surface area contributed by atoms with E-state index in [-0.39, 0.29) is 5.91 Å². The first kappa shape index (κ1) is 20.5. The first-order chi connectivity index (χ1) is 13.6. The molecular weight excluding hydrogens is 370 g/mol. The molecule has 28 heavy (non-hydrogen) atoms. The highest BCUT2D eigenvalue weighted by atomic mass is 35.5. The molecule has 3 nitrogen and oxygen atoms in total. The Morgan fingerprint density at radius 2 is 1.71 bits per heavy atom. The van der Waals surface area contributed by atoms with Crippen LogP contribution < -0.4 is 5.32 Å². The van der Waals surface area contributed by atoms with Gasteiger partial charge in [-0.1, -0.05) is 63.3 Å². The minimum absolute atomic E-state index is 0.148. The Balaban J connectivity index is 1.86. The van der Waals surface area contributed by atoms with Crippen LogP contribution in [0.5, 0.6) is 0 Å². The minimum atomic E-state index is -0.148. The van der Waals surface area contributed by atoms with E-state index in [9.17, 15) is 4.79 Å². The van der Waals surface area contributed by atoms with Crippen molar-refractivity contribution in [2.75, 3.05) is 6.54 Å². The highest BCUT2D eigenvalue weighted by molar-refractivity contribution is 6.30. The minimum Gasteiger partial charge on any atom is -0.450 e. The van der Waals surface area contributed by atoms with Crippen molar-refractivity contribution in [3.8, 4) is 11.3 Å². The summed E-state index contributed by atoms with van der Waals surface area (Å²) in [6, 6.07) is 13.7. The number of aryl methyl sites for hydroxylation is 1. The first-order valence-electron chi connectivity index (χ1n) is 10.2. The van der Waals surface area contributed by atoms with Gasteiger partial charge in [0.1, 0.15) is 5.76 Å². The topological polar surface area (TPSA) is 42.2 Å². The van der Waals surface area contributed by atoms with Crippen molar-refractivity contribution < 1.29 is 9.21 Å². The van der Waals surface area contributed by atoms with E-state index in [1.54, 1.807) is 0 Å². The summed E-state index contributed by atoms with van der Waals surface area (Å²) < 4.78 is 6.09. The summed E-state index contributed by atoms with van der Waals surface area (Å²) in [6.07, 6.45) is 6.76. The highest BCUT2D eigenvalue weighted by Gasteiger charge is 2.20. The normalized spacial score (nSPS) is 11.1. The van der Waals surface area contributed by atoms with Crippen LogP contribution in [0.4, 0.5) is 0 Å². The summed E-state index contributed by atoms with van der Waals surface area (Å²) in [7, 11) is 0. The smallest absolute Gasteiger partial charge is 0.287 e. The van der Waals surface area contributed by atoms with Crippen molar-refractivity contribution in [3.63, 3.8) is 0 Å². The van der Waals surface area contributed by atoms with Crippen molar-refractivity contribution in [1.29, 1.82) is 0 Å². The van der Waals surface area contributed by atoms with Gasteiger partial charge in [-0.3, -0.25) is 4.79 Å². The predicted octanol–water partition coefficient (Wildman–Crippen LogP) is 7.02. The molecule has 0 unspecified atom stereocenters. The number of nitrogens with one attached hydrogen (secondary N) is 1. The number of carbonyl (C=O) groups excluding carboxylic acids is 1. The zero-order valence-electron chi connectivity index (χ0n) is 16.7. The van der Waals surface area contributed by atoms with Crippen molar-refractivity contribution >= 4 is 28.3 Å². The Kier molecular flexibility index (Phi) is 7.16. The number of hydrogen-bond acceptors (Lipinski definition) is 2. The van der Waals surface area contributed by atoms with E-state index in [4.69, 9.17) is 16.0 Å². The molecule has 0 aliphatic carbocycles. The molecule has 1 amide bonds. The third kappa shape index (κ3) is 4.77. The molecule has 3 rings (SSSR count). The largest absolute Gasteiger partial charge is 0.450 e. The molecule has 0 radical (unpaired) electrons. The van der Waals surface area contributed by atoms with Gasteiger partial charge in [0, 0.05) is 27.9 Å². The summed E-state index contributed by atoms with van der Waals surface area (Å²) in [5.41, 5.74) is 2.13. The lowest BCUT2D eigenvalue weighted by Gasteiger charge is -2.04. The average molecular weight is 398 g/mol. The van der Waals surface area contributed by atoms with Crippen LogP contribution in [0.1, 0.15) is 62.1 Å². The first-order valence-corrected chi connectivity index (χ1v) is 10.6. The van der Waals surface area contributed by atoms with Crippen LogP contribution in [0, 0.1) is 0 Å². The molecular formula is C24H28ClNO2. The van der Waals surface area contributed by atoms with E-state index in [1.807, 2.05) is 30.3 Å². The third-order valence-electron chi connectivity index (χ3n) is 5.06. The molecule has 1 heterocycles. The van der Waals surface area contributed by atoms with Crippen LogP contribution in [0.2, 0.25) is 5.02 Å². The van der Waals surface area contributed by atoms with Gasteiger partial charge in [0.15, 0.2) is 5.76 Å². The monoisotopic (exact) mass is 397 g/mol. The maximum Gasteiger partial charge on any atom is 0.287 e. The molecule has 4 heteroatoms. The van der Waals surface area contributed by atoms with Gasteiger partial charge in [-0.15, -0.1) is 0 Å². The van der Waals surface area contributed by atoms with Crippen LogP contribution in [0.3, 0.4) is 0 Å². The van der Waals surface area contributed by atoms with Crippen LogP contribution >= 0.6 is 11.6 Å². The molecule has 0 fully saturated rings. The van der Waals surface area contributed by atoms with E-state index in [0.29, 0.717) is 17.3 Å². The lowest BCUT2D eigenvalue weighted by atomic mass is 10.0. The number of rotatable bonds is 9. The molecule has 1 aromatic heterocycles. The summed E-state index contributed by atoms with van der Waals surface area (Å²) >= 11 is 6.03. The number of amides is 1. The van der Waals surface area contributed by atoms with Crippen molar-refractivity contribution in [1.82, 2.24) is 5.32 Å². The lowest BCUT2D eigenvalue weighted by molar-refractivity contribution is 0.0928. The molecule has 148 valence electrons. The number of halogens is 1. The second-order valence-corrected chi connectivity index (χ2v) is 7.61. The van der Waals surface area contributed by atoms with Gasteiger partial charge in [-0.05, 0) is 48.7 Å². The number of unbranched alkanes of at least 4 members (excludes halogenated alkanes) is 4. The maximum absolute atomic E-state index is 12.8. The van der Waals surface area contributed by atoms with Crippen LogP contribution in [0.25, 0.3) is 22.1 Å².